The van der Waals surface area contributed by atoms with Gasteiger partial charge in [0.25, 0.3) is 0 Å². The van der Waals surface area contributed by atoms with E-state index in [1.807, 2.05) is 13.8 Å². The second-order valence-corrected chi connectivity index (χ2v) is 6.39. The molecule has 0 aliphatic heterocycles. The van der Waals surface area contributed by atoms with Gasteiger partial charge in [0.05, 0.1) is 12.1 Å². The molecule has 0 unspecified atom stereocenters. The van der Waals surface area contributed by atoms with Crippen LogP contribution >= 0.6 is 12.4 Å². The van der Waals surface area contributed by atoms with E-state index in [2.05, 4.69) is 5.32 Å². The van der Waals surface area contributed by atoms with Crippen molar-refractivity contribution in [1.82, 2.24) is 0 Å². The van der Waals surface area contributed by atoms with Crippen LogP contribution in [0.4, 0.5) is 10.1 Å². The van der Waals surface area contributed by atoms with E-state index < -0.39 is 11.9 Å². The smallest absolute Gasteiger partial charge is 0.241 e. The molecule has 0 bridgehead atoms. The van der Waals surface area contributed by atoms with E-state index in [9.17, 15) is 9.18 Å². The highest BCUT2D eigenvalue weighted by Crippen LogP contribution is 2.27. The first-order valence-corrected chi connectivity index (χ1v) is 7.98. The average Bonchev–Trinajstić information content (AvgIpc) is 2.94. The summed E-state index contributed by atoms with van der Waals surface area (Å²) in [6.07, 6.45) is 4.91. The molecule has 130 valence electrons. The lowest BCUT2D eigenvalue weighted by Crippen LogP contribution is -2.36. The molecular formula is C17H26ClFN2O2. The number of nitrogens with two attached hydrogens (primary N) is 1. The topological polar surface area (TPSA) is 64.4 Å². The Morgan fingerprint density at radius 3 is 2.61 bits per heavy atom. The first-order valence-electron chi connectivity index (χ1n) is 7.98. The highest BCUT2D eigenvalue weighted by Gasteiger charge is 2.19. The molecule has 1 fully saturated rings. The molecule has 2 rings (SSSR count). The number of benzene rings is 1. The summed E-state index contributed by atoms with van der Waals surface area (Å²) < 4.78 is 19.7. The molecule has 0 spiro atoms. The van der Waals surface area contributed by atoms with Crippen molar-refractivity contribution in [2.75, 3.05) is 5.32 Å². The third kappa shape index (κ3) is 5.99. The van der Waals surface area contributed by atoms with Crippen LogP contribution in [0.25, 0.3) is 0 Å². The number of halogens is 2. The van der Waals surface area contributed by atoms with Crippen molar-refractivity contribution in [3.8, 4) is 5.75 Å². The lowest BCUT2D eigenvalue weighted by molar-refractivity contribution is -0.117. The zero-order chi connectivity index (χ0) is 16.1. The van der Waals surface area contributed by atoms with Gasteiger partial charge in [-0.3, -0.25) is 4.79 Å². The van der Waals surface area contributed by atoms with Gasteiger partial charge in [0, 0.05) is 11.8 Å². The largest absolute Gasteiger partial charge is 0.487 e. The maximum absolute atomic E-state index is 14.1. The number of hydrogen-bond acceptors (Lipinski definition) is 3. The van der Waals surface area contributed by atoms with Gasteiger partial charge >= 0.3 is 0 Å². The van der Waals surface area contributed by atoms with Gasteiger partial charge in [-0.15, -0.1) is 12.4 Å². The van der Waals surface area contributed by atoms with E-state index in [0.717, 1.165) is 25.7 Å². The van der Waals surface area contributed by atoms with Gasteiger partial charge in [-0.05, 0) is 50.2 Å². The van der Waals surface area contributed by atoms with E-state index in [0.29, 0.717) is 18.0 Å². The van der Waals surface area contributed by atoms with Crippen LogP contribution in [0.1, 0.15) is 46.0 Å². The van der Waals surface area contributed by atoms with E-state index in [4.69, 9.17) is 10.5 Å². The summed E-state index contributed by atoms with van der Waals surface area (Å²) in [4.78, 5) is 11.9. The van der Waals surface area contributed by atoms with Crippen LogP contribution in [0.15, 0.2) is 18.2 Å². The highest BCUT2D eigenvalue weighted by molar-refractivity contribution is 5.94. The lowest BCUT2D eigenvalue weighted by Gasteiger charge is -2.16. The first kappa shape index (κ1) is 19.7. The number of hydrogen-bond donors (Lipinski definition) is 2. The molecule has 1 aromatic rings. The second-order valence-electron chi connectivity index (χ2n) is 6.39. The molecule has 3 N–H and O–H groups in total. The first-order chi connectivity index (χ1) is 10.5. The van der Waals surface area contributed by atoms with Crippen LogP contribution in [-0.4, -0.2) is 18.1 Å². The van der Waals surface area contributed by atoms with Crippen LogP contribution in [0.2, 0.25) is 0 Å². The Kier molecular flexibility index (Phi) is 7.79. The fraction of sp³-hybridized carbons (Fsp3) is 0.588. The maximum atomic E-state index is 14.1. The number of ether oxygens (including phenoxy) is 1. The van der Waals surface area contributed by atoms with Gasteiger partial charge in [0.1, 0.15) is 0 Å². The SMILES string of the molecule is CC(C)C[C@H](N)C(=O)Nc1ccc(OC2CCCC2)c(F)c1.Cl. The van der Waals surface area contributed by atoms with Crippen LogP contribution in [0, 0.1) is 11.7 Å². The molecule has 1 atom stereocenters. The molecule has 1 aliphatic carbocycles. The second kappa shape index (κ2) is 9.08. The fourth-order valence-corrected chi connectivity index (χ4v) is 2.71. The van der Waals surface area contributed by atoms with E-state index in [-0.39, 0.29) is 30.2 Å². The van der Waals surface area contributed by atoms with Gasteiger partial charge in [-0.1, -0.05) is 13.8 Å². The maximum Gasteiger partial charge on any atom is 0.241 e. The summed E-state index contributed by atoms with van der Waals surface area (Å²) in [5, 5.41) is 2.65. The van der Waals surface area contributed by atoms with Gasteiger partial charge in [-0.25, -0.2) is 4.39 Å². The zero-order valence-corrected chi connectivity index (χ0v) is 14.5. The number of anilines is 1. The van der Waals surface area contributed by atoms with Crippen LogP contribution < -0.4 is 15.8 Å². The quantitative estimate of drug-likeness (QED) is 0.823. The minimum absolute atomic E-state index is 0. The van der Waals surface area contributed by atoms with Gasteiger partial charge in [0.15, 0.2) is 11.6 Å². The van der Waals surface area contributed by atoms with Crippen LogP contribution in [0.3, 0.4) is 0 Å². The van der Waals surface area contributed by atoms with E-state index in [1.165, 1.54) is 6.07 Å². The van der Waals surface area contributed by atoms with Crippen molar-refractivity contribution in [3.63, 3.8) is 0 Å². The minimum atomic E-state index is -0.586. The van der Waals surface area contributed by atoms with Crippen LogP contribution in [-0.2, 0) is 4.79 Å². The number of carbonyl (C=O) groups excluding carboxylic acids is 1. The third-order valence-electron chi connectivity index (χ3n) is 3.86. The predicted molar refractivity (Wildman–Crippen MR) is 92.6 cm³/mol. The molecule has 1 saturated carbocycles. The van der Waals surface area contributed by atoms with Crippen molar-refractivity contribution in [2.45, 2.75) is 58.1 Å². The molecule has 0 radical (unpaired) electrons. The molecular weight excluding hydrogens is 319 g/mol. The van der Waals surface area contributed by atoms with Gasteiger partial charge in [-0.2, -0.15) is 0 Å². The lowest BCUT2D eigenvalue weighted by atomic mass is 10.0. The number of amides is 1. The Bertz CT molecular complexity index is 519. The molecule has 6 heteroatoms. The highest BCUT2D eigenvalue weighted by atomic mass is 35.5. The van der Waals surface area contributed by atoms with Crippen molar-refractivity contribution < 1.29 is 13.9 Å². The third-order valence-corrected chi connectivity index (χ3v) is 3.86. The number of nitrogens with one attached hydrogen (secondary N) is 1. The Labute approximate surface area is 143 Å². The molecule has 4 nitrogen and oxygen atoms in total. The van der Waals surface area contributed by atoms with Crippen molar-refractivity contribution >= 4 is 24.0 Å². The van der Waals surface area contributed by atoms with E-state index in [1.54, 1.807) is 12.1 Å². The normalized spacial score (nSPS) is 16.0. The van der Waals surface area contributed by atoms with Gasteiger partial charge in [0.2, 0.25) is 5.91 Å². The standard InChI is InChI=1S/C17H25FN2O2.ClH/c1-11(2)9-15(19)17(21)20-12-7-8-16(14(18)10-12)22-13-5-3-4-6-13;/h7-8,10-11,13,15H,3-6,9,19H2,1-2H3,(H,20,21);1H/t15-;/m0./s1. The molecule has 23 heavy (non-hydrogen) atoms. The van der Waals surface area contributed by atoms with E-state index >= 15 is 0 Å². The molecule has 1 amide bonds. The summed E-state index contributed by atoms with van der Waals surface area (Å²) >= 11 is 0. The molecule has 0 aromatic heterocycles. The van der Waals surface area contributed by atoms with Crippen molar-refractivity contribution in [1.29, 1.82) is 0 Å². The summed E-state index contributed by atoms with van der Waals surface area (Å²) in [6.45, 7) is 4.00. The Hall–Kier alpha value is -1.33. The van der Waals surface area contributed by atoms with Gasteiger partial charge < -0.3 is 15.8 Å². The zero-order valence-electron chi connectivity index (χ0n) is 13.7. The summed E-state index contributed by atoms with van der Waals surface area (Å²) in [5.41, 5.74) is 6.22. The number of rotatable bonds is 6. The molecule has 1 aromatic carbocycles. The summed E-state index contributed by atoms with van der Waals surface area (Å²) in [6, 6.07) is 3.91. The number of carbonyl (C=O) groups is 1. The fourth-order valence-electron chi connectivity index (χ4n) is 2.71. The monoisotopic (exact) mass is 344 g/mol. The Morgan fingerprint density at radius 2 is 2.04 bits per heavy atom. The Morgan fingerprint density at radius 1 is 1.39 bits per heavy atom. The minimum Gasteiger partial charge on any atom is -0.487 e. The Balaban J connectivity index is 0.00000264. The van der Waals surface area contributed by atoms with Crippen molar-refractivity contribution in [2.24, 2.45) is 11.7 Å². The predicted octanol–water partition coefficient (Wildman–Crippen LogP) is 3.88. The molecule has 0 heterocycles. The van der Waals surface area contributed by atoms with Crippen molar-refractivity contribution in [3.05, 3.63) is 24.0 Å². The average molecular weight is 345 g/mol. The summed E-state index contributed by atoms with van der Waals surface area (Å²) in [7, 11) is 0. The van der Waals surface area contributed by atoms with Crippen LogP contribution in [0.5, 0.6) is 5.75 Å². The molecule has 0 saturated heterocycles. The summed E-state index contributed by atoms with van der Waals surface area (Å²) in [5.74, 6) is -0.171. The molecule has 1 aliphatic rings.